The highest BCUT2D eigenvalue weighted by molar-refractivity contribution is 6.46. The second kappa shape index (κ2) is 5.86. The van der Waals surface area contributed by atoms with Crippen molar-refractivity contribution in [1.29, 1.82) is 0 Å². The first-order valence-corrected chi connectivity index (χ1v) is 7.59. The fraction of sp³-hybridized carbons (Fsp3) is 0.200. The van der Waals surface area contributed by atoms with Crippen LogP contribution in [0.15, 0.2) is 12.3 Å². The number of H-pyrrole nitrogens is 1. The number of nitrogens with zero attached hydrogens (tertiary/aromatic N) is 1. The second-order valence-electron chi connectivity index (χ2n) is 4.92. The third-order valence-corrected chi connectivity index (χ3v) is 4.25. The Morgan fingerprint density at radius 1 is 1.43 bits per heavy atom. The van der Waals surface area contributed by atoms with E-state index in [4.69, 9.17) is 27.9 Å². The molecular formula is C15H12Cl2FN3O2. The summed E-state index contributed by atoms with van der Waals surface area (Å²) in [6, 6.07) is 1.15. The van der Waals surface area contributed by atoms with E-state index in [0.717, 1.165) is 6.07 Å². The van der Waals surface area contributed by atoms with Crippen LogP contribution in [0.4, 0.5) is 9.18 Å². The molecule has 0 radical (unpaired) electrons. The number of aromatic amines is 1. The fourth-order valence-electron chi connectivity index (χ4n) is 2.43. The molecule has 1 aromatic carbocycles. The molecule has 0 fully saturated rings. The topological polar surface area (TPSA) is 67.0 Å². The van der Waals surface area contributed by atoms with E-state index in [9.17, 15) is 9.18 Å². The molecular weight excluding hydrogens is 344 g/mol. The van der Waals surface area contributed by atoms with E-state index < -0.39 is 11.9 Å². The summed E-state index contributed by atoms with van der Waals surface area (Å²) in [5, 5.41) is 3.99. The maximum atomic E-state index is 14.3. The summed E-state index contributed by atoms with van der Waals surface area (Å²) in [7, 11) is 0. The van der Waals surface area contributed by atoms with Gasteiger partial charge < -0.3 is 15.0 Å². The Kier molecular flexibility index (Phi) is 4.04. The van der Waals surface area contributed by atoms with Crippen molar-refractivity contribution in [2.24, 2.45) is 0 Å². The minimum Gasteiger partial charge on any atom is -0.408 e. The fourth-order valence-corrected chi connectivity index (χ4v) is 2.81. The Hall–Kier alpha value is -2.05. The summed E-state index contributed by atoms with van der Waals surface area (Å²) >= 11 is 12.2. The zero-order valence-electron chi connectivity index (χ0n) is 12.3. The molecule has 3 aromatic rings. The van der Waals surface area contributed by atoms with Crippen LogP contribution in [0.25, 0.3) is 21.9 Å². The van der Waals surface area contributed by atoms with Gasteiger partial charge >= 0.3 is 6.09 Å². The van der Waals surface area contributed by atoms with Crippen LogP contribution in [0.2, 0.25) is 10.0 Å². The van der Waals surface area contributed by atoms with Gasteiger partial charge in [-0.15, -0.1) is 0 Å². The van der Waals surface area contributed by atoms with Gasteiger partial charge in [0, 0.05) is 29.6 Å². The predicted octanol–water partition coefficient (Wildman–Crippen LogP) is 4.58. The van der Waals surface area contributed by atoms with Crippen LogP contribution in [0.5, 0.6) is 5.75 Å². The maximum Gasteiger partial charge on any atom is 0.412 e. The molecule has 0 aliphatic rings. The van der Waals surface area contributed by atoms with Crippen molar-refractivity contribution in [2.75, 3.05) is 6.54 Å². The number of hydrogen-bond donors (Lipinski definition) is 2. The molecule has 5 nitrogen and oxygen atoms in total. The van der Waals surface area contributed by atoms with E-state index in [1.807, 2.05) is 0 Å². The molecule has 2 aromatic heterocycles. The Morgan fingerprint density at radius 2 is 2.17 bits per heavy atom. The van der Waals surface area contributed by atoms with Gasteiger partial charge in [0.05, 0.1) is 15.6 Å². The van der Waals surface area contributed by atoms with Crippen LogP contribution in [0.1, 0.15) is 12.5 Å². The molecule has 0 saturated heterocycles. The summed E-state index contributed by atoms with van der Waals surface area (Å²) in [6.45, 7) is 3.76. The lowest BCUT2D eigenvalue weighted by atomic mass is 10.1. The molecule has 0 unspecified atom stereocenters. The Bertz CT molecular complexity index is 940. The minimum absolute atomic E-state index is 0.0549. The first kappa shape index (κ1) is 15.8. The van der Waals surface area contributed by atoms with E-state index in [0.29, 0.717) is 34.0 Å². The molecule has 0 saturated carbocycles. The van der Waals surface area contributed by atoms with Crippen LogP contribution in [0, 0.1) is 12.7 Å². The number of fused-ring (bicyclic) bond motifs is 3. The lowest BCUT2D eigenvalue weighted by molar-refractivity contribution is 0.201. The smallest absolute Gasteiger partial charge is 0.408 e. The molecule has 2 N–H and O–H groups in total. The van der Waals surface area contributed by atoms with Crippen LogP contribution >= 0.6 is 23.2 Å². The number of amides is 1. The summed E-state index contributed by atoms with van der Waals surface area (Å²) in [5.41, 5.74) is 1.23. The first-order chi connectivity index (χ1) is 10.9. The standard InChI is InChI=1S/C15H12Cl2FN3O2/c1-3-19-15(22)23-9-4-8(18)6(2)10-11-12(17)7(16)5-20-14(11)21-13(9)10/h4-5H,3H2,1-2H3,(H,19,22)(H,20,21). The number of aromatic nitrogens is 2. The summed E-state index contributed by atoms with van der Waals surface area (Å²) in [4.78, 5) is 18.8. The number of aryl methyl sites for hydroxylation is 1. The van der Waals surface area contributed by atoms with Gasteiger partial charge in [0.15, 0.2) is 5.75 Å². The number of carbonyl (C=O) groups excluding carboxylic acids is 1. The minimum atomic E-state index is -0.673. The maximum absolute atomic E-state index is 14.3. The number of benzene rings is 1. The third kappa shape index (κ3) is 2.58. The van der Waals surface area contributed by atoms with Crippen LogP contribution in [-0.2, 0) is 0 Å². The highest BCUT2D eigenvalue weighted by atomic mass is 35.5. The number of ether oxygens (including phenoxy) is 1. The van der Waals surface area contributed by atoms with Crippen molar-refractivity contribution in [3.63, 3.8) is 0 Å². The molecule has 3 rings (SSSR count). The van der Waals surface area contributed by atoms with E-state index in [2.05, 4.69) is 15.3 Å². The number of halogens is 3. The molecule has 23 heavy (non-hydrogen) atoms. The van der Waals surface area contributed by atoms with Crippen molar-refractivity contribution < 1.29 is 13.9 Å². The van der Waals surface area contributed by atoms with Crippen molar-refractivity contribution in [1.82, 2.24) is 15.3 Å². The summed E-state index contributed by atoms with van der Waals surface area (Å²) in [6.07, 6.45) is 0.727. The molecule has 0 atom stereocenters. The van der Waals surface area contributed by atoms with Crippen LogP contribution in [0.3, 0.4) is 0 Å². The molecule has 0 aliphatic carbocycles. The normalized spacial score (nSPS) is 11.2. The van der Waals surface area contributed by atoms with Gasteiger partial charge in [0.1, 0.15) is 11.5 Å². The van der Waals surface area contributed by atoms with Gasteiger partial charge in [-0.05, 0) is 19.4 Å². The monoisotopic (exact) mass is 355 g/mol. The molecule has 0 aliphatic heterocycles. The van der Waals surface area contributed by atoms with E-state index in [1.54, 1.807) is 13.8 Å². The zero-order chi connectivity index (χ0) is 16.7. The second-order valence-corrected chi connectivity index (χ2v) is 5.71. The van der Waals surface area contributed by atoms with Crippen molar-refractivity contribution in [3.05, 3.63) is 33.7 Å². The predicted molar refractivity (Wildman–Crippen MR) is 88.0 cm³/mol. The van der Waals surface area contributed by atoms with Crippen molar-refractivity contribution in [3.8, 4) is 5.75 Å². The SMILES string of the molecule is CCNC(=O)Oc1cc(F)c(C)c2c1[nH]c1ncc(Cl)c(Cl)c12. The average molecular weight is 356 g/mol. The third-order valence-electron chi connectivity index (χ3n) is 3.48. The van der Waals surface area contributed by atoms with Gasteiger partial charge in [-0.3, -0.25) is 0 Å². The molecule has 8 heteroatoms. The van der Waals surface area contributed by atoms with Gasteiger partial charge in [0.25, 0.3) is 0 Å². The van der Waals surface area contributed by atoms with Gasteiger partial charge in [-0.25, -0.2) is 14.2 Å². The Balaban J connectivity index is 2.33. The summed E-state index contributed by atoms with van der Waals surface area (Å²) < 4.78 is 19.4. The number of pyridine rings is 1. The lowest BCUT2D eigenvalue weighted by Crippen LogP contribution is -2.26. The van der Waals surface area contributed by atoms with Gasteiger partial charge in [0.2, 0.25) is 0 Å². The summed E-state index contributed by atoms with van der Waals surface area (Å²) in [5.74, 6) is -0.465. The molecule has 1 amide bonds. The van der Waals surface area contributed by atoms with E-state index >= 15 is 0 Å². The average Bonchev–Trinajstić information content (AvgIpc) is 2.89. The number of rotatable bonds is 2. The van der Waals surface area contributed by atoms with Gasteiger partial charge in [-0.1, -0.05) is 23.2 Å². The van der Waals surface area contributed by atoms with Crippen molar-refractivity contribution in [2.45, 2.75) is 13.8 Å². The first-order valence-electron chi connectivity index (χ1n) is 6.84. The number of nitrogens with one attached hydrogen (secondary N) is 2. The molecule has 120 valence electrons. The highest BCUT2D eigenvalue weighted by Crippen LogP contribution is 2.40. The van der Waals surface area contributed by atoms with Gasteiger partial charge in [-0.2, -0.15) is 0 Å². The van der Waals surface area contributed by atoms with E-state index in [-0.39, 0.29) is 15.8 Å². The quantitative estimate of drug-likeness (QED) is 0.706. The molecule has 0 bridgehead atoms. The molecule has 0 spiro atoms. The Morgan fingerprint density at radius 3 is 2.87 bits per heavy atom. The number of carbonyl (C=O) groups is 1. The van der Waals surface area contributed by atoms with Crippen molar-refractivity contribution >= 4 is 51.2 Å². The lowest BCUT2D eigenvalue weighted by Gasteiger charge is -2.08. The highest BCUT2D eigenvalue weighted by Gasteiger charge is 2.20. The largest absolute Gasteiger partial charge is 0.412 e. The Labute approximate surface area is 140 Å². The number of hydrogen-bond acceptors (Lipinski definition) is 3. The molecule has 2 heterocycles. The van der Waals surface area contributed by atoms with Crippen LogP contribution in [-0.4, -0.2) is 22.6 Å². The zero-order valence-corrected chi connectivity index (χ0v) is 13.8. The van der Waals surface area contributed by atoms with E-state index in [1.165, 1.54) is 6.20 Å². The van der Waals surface area contributed by atoms with Crippen LogP contribution < -0.4 is 10.1 Å².